The molecule has 1 aromatic heterocycles. The largest absolute Gasteiger partial charge is 0.352 e. The Kier molecular flexibility index (Phi) is 4.76. The summed E-state index contributed by atoms with van der Waals surface area (Å²) < 4.78 is 5.18. The maximum absolute atomic E-state index is 12.2. The summed E-state index contributed by atoms with van der Waals surface area (Å²) in [6.45, 7) is 6.36. The Labute approximate surface area is 131 Å². The van der Waals surface area contributed by atoms with Crippen molar-refractivity contribution in [3.63, 3.8) is 0 Å². The van der Waals surface area contributed by atoms with Crippen molar-refractivity contribution in [3.05, 3.63) is 11.7 Å². The topological polar surface area (TPSA) is 71.3 Å². The van der Waals surface area contributed by atoms with Gasteiger partial charge in [-0.05, 0) is 25.8 Å². The number of aryl methyl sites for hydroxylation is 1. The van der Waals surface area contributed by atoms with Crippen LogP contribution in [0.2, 0.25) is 0 Å². The molecule has 0 saturated carbocycles. The van der Waals surface area contributed by atoms with Gasteiger partial charge < -0.3 is 9.84 Å². The molecule has 1 amide bonds. The van der Waals surface area contributed by atoms with Gasteiger partial charge in [0, 0.05) is 37.4 Å². The number of nitrogens with one attached hydrogen (secondary N) is 1. The zero-order valence-corrected chi connectivity index (χ0v) is 13.5. The van der Waals surface area contributed by atoms with Gasteiger partial charge in [-0.2, -0.15) is 4.98 Å². The first-order valence-electron chi connectivity index (χ1n) is 8.49. The van der Waals surface area contributed by atoms with Crippen molar-refractivity contribution < 1.29 is 9.32 Å². The van der Waals surface area contributed by atoms with Gasteiger partial charge in [0.2, 0.25) is 11.8 Å². The summed E-state index contributed by atoms with van der Waals surface area (Å²) >= 11 is 0. The maximum Gasteiger partial charge on any atom is 0.227 e. The number of piperidine rings is 1. The number of fused-ring (bicyclic) bond motifs is 1. The van der Waals surface area contributed by atoms with Crippen LogP contribution in [0, 0.1) is 0 Å². The number of hydrogen-bond donors (Lipinski definition) is 1. The summed E-state index contributed by atoms with van der Waals surface area (Å²) in [5, 5.41) is 7.13. The van der Waals surface area contributed by atoms with Gasteiger partial charge in [0.15, 0.2) is 5.82 Å². The lowest BCUT2D eigenvalue weighted by Crippen LogP contribution is -2.46. The van der Waals surface area contributed by atoms with E-state index in [-0.39, 0.29) is 11.8 Å². The number of carbonyl (C=O) groups is 1. The molecular formula is C16H26N4O2. The molecule has 0 radical (unpaired) electrons. The molecule has 0 aliphatic carbocycles. The Morgan fingerprint density at radius 1 is 1.36 bits per heavy atom. The van der Waals surface area contributed by atoms with Crippen molar-refractivity contribution in [1.82, 2.24) is 20.4 Å². The molecule has 2 aliphatic heterocycles. The zero-order valence-electron chi connectivity index (χ0n) is 13.5. The van der Waals surface area contributed by atoms with E-state index in [1.165, 1.54) is 25.8 Å². The Morgan fingerprint density at radius 3 is 3.00 bits per heavy atom. The van der Waals surface area contributed by atoms with E-state index in [0.717, 1.165) is 13.0 Å². The number of aromatic nitrogens is 2. The summed E-state index contributed by atoms with van der Waals surface area (Å²) in [5.74, 6) is 1.62. The average Bonchev–Trinajstić information content (AvgIpc) is 3.13. The van der Waals surface area contributed by atoms with E-state index in [1.807, 2.05) is 13.8 Å². The standard InChI is InChI=1S/C16H26N4O2/c1-11(2)16-18-15(22-19-16)7-6-14(21)17-12-8-10-20-9-4-3-5-13(12)20/h11-13H,3-10H2,1-2H3,(H,17,21)/t12-,13-/m1/s1. The van der Waals surface area contributed by atoms with E-state index in [0.29, 0.717) is 36.6 Å². The highest BCUT2D eigenvalue weighted by Crippen LogP contribution is 2.27. The number of carbonyl (C=O) groups excluding carboxylic acids is 1. The van der Waals surface area contributed by atoms with E-state index in [1.54, 1.807) is 0 Å². The van der Waals surface area contributed by atoms with Crippen molar-refractivity contribution in [3.8, 4) is 0 Å². The second kappa shape index (κ2) is 6.77. The van der Waals surface area contributed by atoms with Gasteiger partial charge in [0.25, 0.3) is 0 Å². The average molecular weight is 306 g/mol. The Hall–Kier alpha value is -1.43. The SMILES string of the molecule is CC(C)c1noc(CCC(=O)N[C@@H]2CCN3CCCC[C@H]23)n1. The highest BCUT2D eigenvalue weighted by atomic mass is 16.5. The van der Waals surface area contributed by atoms with E-state index in [4.69, 9.17) is 4.52 Å². The first-order chi connectivity index (χ1) is 10.6. The van der Waals surface area contributed by atoms with Crippen molar-refractivity contribution in [2.24, 2.45) is 0 Å². The highest BCUT2D eigenvalue weighted by Gasteiger charge is 2.36. The molecule has 122 valence electrons. The van der Waals surface area contributed by atoms with Crippen molar-refractivity contribution in [1.29, 1.82) is 0 Å². The van der Waals surface area contributed by atoms with Crippen LogP contribution in [0.1, 0.15) is 63.6 Å². The fraction of sp³-hybridized carbons (Fsp3) is 0.812. The molecule has 3 heterocycles. The maximum atomic E-state index is 12.2. The number of rotatable bonds is 5. The lowest BCUT2D eigenvalue weighted by Gasteiger charge is -2.32. The van der Waals surface area contributed by atoms with E-state index < -0.39 is 0 Å². The van der Waals surface area contributed by atoms with Crippen molar-refractivity contribution >= 4 is 5.91 Å². The molecule has 6 heteroatoms. The predicted octanol–water partition coefficient (Wildman–Crippen LogP) is 1.87. The van der Waals surface area contributed by atoms with Gasteiger partial charge in [-0.1, -0.05) is 25.4 Å². The molecule has 3 rings (SSSR count). The molecule has 22 heavy (non-hydrogen) atoms. The lowest BCUT2D eigenvalue weighted by molar-refractivity contribution is -0.122. The Morgan fingerprint density at radius 2 is 2.23 bits per heavy atom. The van der Waals surface area contributed by atoms with Crippen LogP contribution in [0.5, 0.6) is 0 Å². The highest BCUT2D eigenvalue weighted by molar-refractivity contribution is 5.76. The lowest BCUT2D eigenvalue weighted by atomic mass is 9.99. The Balaban J connectivity index is 1.46. The molecular weight excluding hydrogens is 280 g/mol. The first-order valence-corrected chi connectivity index (χ1v) is 8.49. The van der Waals surface area contributed by atoms with E-state index in [2.05, 4.69) is 20.4 Å². The quantitative estimate of drug-likeness (QED) is 0.899. The summed E-state index contributed by atoms with van der Waals surface area (Å²) in [7, 11) is 0. The molecule has 0 spiro atoms. The molecule has 1 N–H and O–H groups in total. The van der Waals surface area contributed by atoms with Crippen LogP contribution in [0.4, 0.5) is 0 Å². The van der Waals surface area contributed by atoms with Crippen LogP contribution in [0.25, 0.3) is 0 Å². The summed E-state index contributed by atoms with van der Waals surface area (Å²) in [4.78, 5) is 19.0. The molecule has 2 atom stereocenters. The Bertz CT molecular complexity index is 514. The molecule has 6 nitrogen and oxygen atoms in total. The van der Waals surface area contributed by atoms with Gasteiger partial charge in [-0.3, -0.25) is 9.69 Å². The van der Waals surface area contributed by atoms with Crippen LogP contribution in [0.15, 0.2) is 4.52 Å². The minimum atomic E-state index is 0.0988. The van der Waals surface area contributed by atoms with Crippen LogP contribution in [-0.4, -0.2) is 46.1 Å². The molecule has 0 bridgehead atoms. The third-order valence-corrected chi connectivity index (χ3v) is 4.77. The third kappa shape index (κ3) is 3.48. The summed E-state index contributed by atoms with van der Waals surface area (Å²) in [6, 6.07) is 0.871. The van der Waals surface area contributed by atoms with Gasteiger partial charge in [0.05, 0.1) is 0 Å². The van der Waals surface area contributed by atoms with Crippen LogP contribution in [0.3, 0.4) is 0 Å². The first kappa shape index (κ1) is 15.5. The predicted molar refractivity (Wildman–Crippen MR) is 82.5 cm³/mol. The smallest absolute Gasteiger partial charge is 0.227 e. The summed E-state index contributed by atoms with van der Waals surface area (Å²) in [6.07, 6.45) is 5.82. The fourth-order valence-electron chi connectivity index (χ4n) is 3.52. The minimum Gasteiger partial charge on any atom is -0.352 e. The monoisotopic (exact) mass is 306 g/mol. The molecule has 2 fully saturated rings. The van der Waals surface area contributed by atoms with E-state index in [9.17, 15) is 4.79 Å². The molecule has 2 saturated heterocycles. The van der Waals surface area contributed by atoms with Crippen LogP contribution in [-0.2, 0) is 11.2 Å². The second-order valence-electron chi connectivity index (χ2n) is 6.76. The molecule has 0 unspecified atom stereocenters. The van der Waals surface area contributed by atoms with Crippen LogP contribution < -0.4 is 5.32 Å². The van der Waals surface area contributed by atoms with Crippen molar-refractivity contribution in [2.75, 3.05) is 13.1 Å². The number of hydrogen-bond acceptors (Lipinski definition) is 5. The summed E-state index contributed by atoms with van der Waals surface area (Å²) in [5.41, 5.74) is 0. The van der Waals surface area contributed by atoms with Gasteiger partial charge in [0.1, 0.15) is 0 Å². The second-order valence-corrected chi connectivity index (χ2v) is 6.76. The van der Waals surface area contributed by atoms with Gasteiger partial charge in [-0.15, -0.1) is 0 Å². The minimum absolute atomic E-state index is 0.0988. The molecule has 2 aliphatic rings. The third-order valence-electron chi connectivity index (χ3n) is 4.77. The number of nitrogens with zero attached hydrogens (tertiary/aromatic N) is 3. The van der Waals surface area contributed by atoms with Crippen LogP contribution >= 0.6 is 0 Å². The van der Waals surface area contributed by atoms with E-state index >= 15 is 0 Å². The van der Waals surface area contributed by atoms with Gasteiger partial charge >= 0.3 is 0 Å². The van der Waals surface area contributed by atoms with Gasteiger partial charge in [-0.25, -0.2) is 0 Å². The number of amides is 1. The fourth-order valence-corrected chi connectivity index (χ4v) is 3.52. The van der Waals surface area contributed by atoms with Crippen molar-refractivity contribution in [2.45, 2.75) is 70.4 Å². The normalized spacial score (nSPS) is 25.4. The zero-order chi connectivity index (χ0) is 15.5. The molecule has 0 aromatic carbocycles. The molecule has 1 aromatic rings.